The van der Waals surface area contributed by atoms with Crippen LogP contribution >= 0.6 is 0 Å². The average Bonchev–Trinajstić information content (AvgIpc) is 3.53. The van der Waals surface area contributed by atoms with Crippen molar-refractivity contribution < 1.29 is 47.2 Å². The molecule has 4 heteroatoms. The molecule has 0 N–H and O–H groups in total. The first-order valence-electron chi connectivity index (χ1n) is 14.6. The topological polar surface area (TPSA) is 0 Å². The minimum Gasteiger partial charge on any atom is -1.00 e. The molecule has 5 aromatic carbocycles. The summed E-state index contributed by atoms with van der Waals surface area (Å²) >= 11 is -0.538. The van der Waals surface area contributed by atoms with Crippen LogP contribution in [0, 0.1) is 0 Å². The van der Waals surface area contributed by atoms with E-state index >= 15 is 0 Å². The van der Waals surface area contributed by atoms with E-state index in [-0.39, 0.29) is 24.8 Å². The van der Waals surface area contributed by atoms with Crippen molar-refractivity contribution in [3.05, 3.63) is 149 Å². The fourth-order valence-electron chi connectivity index (χ4n) is 6.91. The van der Waals surface area contributed by atoms with Crippen molar-refractivity contribution in [1.29, 1.82) is 0 Å². The molecule has 0 saturated heterocycles. The molecular formula is C38H34Cl2SiZr. The van der Waals surface area contributed by atoms with Gasteiger partial charge >= 0.3 is 222 Å². The summed E-state index contributed by atoms with van der Waals surface area (Å²) in [7, 11) is 0. The molecular weight excluding hydrogens is 647 g/mol. The van der Waals surface area contributed by atoms with Crippen molar-refractivity contribution in [3.63, 3.8) is 0 Å². The molecule has 7 rings (SSSR count). The van der Waals surface area contributed by atoms with Gasteiger partial charge in [-0.15, -0.1) is 0 Å². The number of halogens is 2. The molecule has 208 valence electrons. The molecule has 42 heavy (non-hydrogen) atoms. The van der Waals surface area contributed by atoms with E-state index in [4.69, 9.17) is 0 Å². The Hall–Kier alpha value is -2.48. The van der Waals surface area contributed by atoms with Crippen molar-refractivity contribution in [1.82, 2.24) is 0 Å². The van der Waals surface area contributed by atoms with Crippen LogP contribution in [-0.4, -0.2) is 5.92 Å². The molecule has 0 fully saturated rings. The zero-order chi connectivity index (χ0) is 27.2. The molecule has 0 aromatic heterocycles. The third-order valence-corrected chi connectivity index (χ3v) is 18.5. The fraction of sp³-hybridized carbons (Fsp3) is 0.158. The minimum atomic E-state index is -0.607. The van der Waals surface area contributed by atoms with Crippen LogP contribution in [0.1, 0.15) is 50.7 Å². The normalized spacial score (nSPS) is 16.0. The largest absolute Gasteiger partial charge is 1.00 e. The van der Waals surface area contributed by atoms with E-state index in [2.05, 4.69) is 141 Å². The van der Waals surface area contributed by atoms with E-state index in [0.29, 0.717) is 9.54 Å². The molecule has 2 unspecified atom stereocenters. The summed E-state index contributed by atoms with van der Waals surface area (Å²) in [4.78, 5) is 0. The summed E-state index contributed by atoms with van der Waals surface area (Å²) in [5.41, 5.74) is 17.5. The van der Waals surface area contributed by atoms with Gasteiger partial charge in [0.1, 0.15) is 0 Å². The van der Waals surface area contributed by atoms with Gasteiger partial charge in [-0.1, -0.05) is 30.3 Å². The quantitative estimate of drug-likeness (QED) is 0.237. The monoisotopic (exact) mass is 678 g/mol. The van der Waals surface area contributed by atoms with Crippen LogP contribution in [0.2, 0.25) is 13.1 Å². The van der Waals surface area contributed by atoms with E-state index in [0.717, 1.165) is 6.42 Å². The van der Waals surface area contributed by atoms with Crippen LogP contribution in [0.25, 0.3) is 39.5 Å². The van der Waals surface area contributed by atoms with E-state index in [1.54, 1.807) is 22.3 Å². The summed E-state index contributed by atoms with van der Waals surface area (Å²) < 4.78 is 0.688. The summed E-state index contributed by atoms with van der Waals surface area (Å²) in [6.07, 6.45) is 3.60. The average molecular weight is 681 g/mol. The SMILES string of the molecule is CCC1=Cc2c(-c3ccc(-c4ccccc4)cc3)cccc2C1c1cccc2c1[CH]([Zr+2][SiH](C)C)c1ccccc1-2.[Cl-].[Cl-]. The second-order valence-corrected chi connectivity index (χ2v) is 26.4. The summed E-state index contributed by atoms with van der Waals surface area (Å²) in [5.74, 6) is -0.256. The predicted octanol–water partition coefficient (Wildman–Crippen LogP) is 4.10. The Morgan fingerprint density at radius 2 is 1.14 bits per heavy atom. The summed E-state index contributed by atoms with van der Waals surface area (Å²) in [5, 5.41) is 0. The van der Waals surface area contributed by atoms with E-state index in [9.17, 15) is 0 Å². The van der Waals surface area contributed by atoms with E-state index < -0.39 is 28.3 Å². The number of hydrogen-bond donors (Lipinski definition) is 0. The van der Waals surface area contributed by atoms with Gasteiger partial charge in [0, 0.05) is 0 Å². The van der Waals surface area contributed by atoms with Crippen LogP contribution < -0.4 is 24.8 Å². The number of allylic oxidation sites excluding steroid dienone is 1. The summed E-state index contributed by atoms with van der Waals surface area (Å²) in [6, 6.07) is 43.3. The third-order valence-electron chi connectivity index (χ3n) is 8.66. The molecule has 2 aliphatic carbocycles. The van der Waals surface area contributed by atoms with E-state index in [1.807, 2.05) is 0 Å². The van der Waals surface area contributed by atoms with Gasteiger partial charge in [-0.3, -0.25) is 0 Å². The Kier molecular flexibility index (Phi) is 9.60. The van der Waals surface area contributed by atoms with Crippen molar-refractivity contribution >= 4 is 12.0 Å². The standard InChI is InChI=1S/C36H27.C2H7Si.2ClH.Zr/c1-2-24-22-34-29(27-20-18-26(19-21-27)25-10-4-3-5-11-25)14-8-16-32(34)36(24)33-17-9-15-31-30-13-7-6-12-28(30)23-35(31)33;1-3-2;;;/h3-23,36H,2H2,1H3;3H,1-2H3;2*1H;/q;;;;+2/p-2. The number of benzene rings is 5. The number of fused-ring (bicyclic) bond motifs is 4. The predicted molar refractivity (Wildman–Crippen MR) is 170 cm³/mol. The molecule has 0 saturated carbocycles. The maximum absolute atomic E-state index is 2.58. The molecule has 2 aliphatic rings. The Balaban J connectivity index is 0.00000176. The van der Waals surface area contributed by atoms with Gasteiger partial charge in [0.05, 0.1) is 0 Å². The van der Waals surface area contributed by atoms with Gasteiger partial charge in [0.15, 0.2) is 0 Å². The van der Waals surface area contributed by atoms with Crippen LogP contribution in [0.5, 0.6) is 0 Å². The fourth-order valence-corrected chi connectivity index (χ4v) is 16.8. The Labute approximate surface area is 275 Å². The van der Waals surface area contributed by atoms with Gasteiger partial charge in [-0.05, 0) is 0 Å². The zero-order valence-corrected chi connectivity index (χ0v) is 29.4. The van der Waals surface area contributed by atoms with Crippen LogP contribution in [-0.2, 0) is 22.4 Å². The Morgan fingerprint density at radius 1 is 0.571 bits per heavy atom. The molecule has 5 aromatic rings. The molecule has 0 amide bonds. The van der Waals surface area contributed by atoms with Crippen molar-refractivity contribution in [2.75, 3.05) is 0 Å². The van der Waals surface area contributed by atoms with Crippen LogP contribution in [0.3, 0.4) is 0 Å². The second-order valence-electron chi connectivity index (χ2n) is 11.4. The van der Waals surface area contributed by atoms with Crippen LogP contribution in [0.4, 0.5) is 0 Å². The van der Waals surface area contributed by atoms with Gasteiger partial charge in [0.2, 0.25) is 0 Å². The Bertz CT molecular complexity index is 1740. The second kappa shape index (κ2) is 13.0. The van der Waals surface area contributed by atoms with E-state index in [1.165, 1.54) is 44.5 Å². The first kappa shape index (κ1) is 31.0. The Morgan fingerprint density at radius 3 is 1.86 bits per heavy atom. The minimum absolute atomic E-state index is 0. The van der Waals surface area contributed by atoms with Gasteiger partial charge < -0.3 is 24.8 Å². The third kappa shape index (κ3) is 5.37. The number of hydrogen-bond acceptors (Lipinski definition) is 0. The first-order valence-corrected chi connectivity index (χ1v) is 23.2. The smallest absolute Gasteiger partial charge is 1.00 e. The van der Waals surface area contributed by atoms with Crippen molar-refractivity contribution in [3.8, 4) is 33.4 Å². The van der Waals surface area contributed by atoms with Gasteiger partial charge in [0.25, 0.3) is 0 Å². The van der Waals surface area contributed by atoms with Crippen molar-refractivity contribution in [2.45, 2.75) is 36.0 Å². The number of rotatable bonds is 6. The van der Waals surface area contributed by atoms with Gasteiger partial charge in [-0.25, -0.2) is 0 Å². The molecule has 0 aliphatic heterocycles. The first-order chi connectivity index (χ1) is 19.6. The summed E-state index contributed by atoms with van der Waals surface area (Å²) in [6.45, 7) is 7.49. The zero-order valence-electron chi connectivity index (χ0n) is 24.2. The van der Waals surface area contributed by atoms with Gasteiger partial charge in [-0.2, -0.15) is 0 Å². The molecule has 0 spiro atoms. The molecule has 0 nitrogen and oxygen atoms in total. The molecule has 0 radical (unpaired) electrons. The molecule has 0 heterocycles. The van der Waals surface area contributed by atoms with Crippen LogP contribution in [0.15, 0.2) is 121 Å². The van der Waals surface area contributed by atoms with Crippen molar-refractivity contribution in [2.24, 2.45) is 0 Å². The maximum atomic E-state index is 2.58. The molecule has 2 atom stereocenters. The maximum Gasteiger partial charge on any atom is -1.00 e. The molecule has 0 bridgehead atoms.